The van der Waals surface area contributed by atoms with Gasteiger partial charge in [-0.1, -0.05) is 6.92 Å². The topological polar surface area (TPSA) is 37.3 Å². The zero-order chi connectivity index (χ0) is 9.07. The summed E-state index contributed by atoms with van der Waals surface area (Å²) < 4.78 is 34.7. The van der Waals surface area contributed by atoms with E-state index in [2.05, 4.69) is 0 Å². The minimum Gasteiger partial charge on any atom is -0.481 e. The van der Waals surface area contributed by atoms with E-state index in [4.69, 9.17) is 5.11 Å². The van der Waals surface area contributed by atoms with Gasteiger partial charge < -0.3 is 5.11 Å². The van der Waals surface area contributed by atoms with Crippen LogP contribution in [-0.2, 0) is 4.79 Å². The molecule has 1 atom stereocenters. The summed E-state index contributed by atoms with van der Waals surface area (Å²) in [6.07, 6.45) is -5.71. The third kappa shape index (κ3) is 7.15. The van der Waals surface area contributed by atoms with Gasteiger partial charge >= 0.3 is 12.1 Å². The van der Waals surface area contributed by atoms with Crippen molar-refractivity contribution in [3.63, 3.8) is 0 Å². The van der Waals surface area contributed by atoms with Crippen LogP contribution in [0.15, 0.2) is 0 Å². The van der Waals surface area contributed by atoms with Gasteiger partial charge in [0.2, 0.25) is 0 Å². The molecule has 0 spiro atoms. The number of alkyl halides is 3. The molecule has 0 radical (unpaired) electrons. The highest BCUT2D eigenvalue weighted by Crippen LogP contribution is 2.25. The highest BCUT2D eigenvalue weighted by molar-refractivity contribution is 5.66. The average molecular weight is 170 g/mol. The molecule has 0 aromatic carbocycles. The highest BCUT2D eigenvalue weighted by Gasteiger charge is 2.30. The fraction of sp³-hybridized carbons (Fsp3) is 0.833. The molecule has 0 bridgehead atoms. The number of carboxylic acid groups (broad SMARTS) is 1. The minimum atomic E-state index is -4.26. The Morgan fingerprint density at radius 1 is 1.55 bits per heavy atom. The Kier molecular flexibility index (Phi) is 3.35. The Hall–Kier alpha value is -0.740. The van der Waals surface area contributed by atoms with Crippen LogP contribution in [0, 0.1) is 5.92 Å². The summed E-state index contributed by atoms with van der Waals surface area (Å²) in [5.74, 6) is -2.03. The number of halogens is 3. The Labute approximate surface area is 62.0 Å². The first kappa shape index (κ1) is 10.3. The average Bonchev–Trinajstić information content (AvgIpc) is 1.53. The van der Waals surface area contributed by atoms with Crippen molar-refractivity contribution in [2.24, 2.45) is 5.92 Å². The van der Waals surface area contributed by atoms with Crippen LogP contribution in [0.2, 0.25) is 0 Å². The van der Waals surface area contributed by atoms with Gasteiger partial charge in [0.05, 0.1) is 0 Å². The number of carbonyl (C=O) groups is 1. The molecule has 0 saturated carbocycles. The predicted molar refractivity (Wildman–Crippen MR) is 32.1 cm³/mol. The van der Waals surface area contributed by atoms with Crippen LogP contribution >= 0.6 is 0 Å². The second kappa shape index (κ2) is 3.59. The standard InChI is InChI=1S/C6H9F3O2/c1-4(2-5(10)11)3-6(7,8)9/h4H,2-3H2,1H3,(H,10,11)/t4-/m1/s1. The number of carboxylic acids is 1. The highest BCUT2D eigenvalue weighted by atomic mass is 19.4. The van der Waals surface area contributed by atoms with Gasteiger partial charge in [0, 0.05) is 12.8 Å². The molecule has 0 heterocycles. The first-order valence-corrected chi connectivity index (χ1v) is 3.10. The second-order valence-corrected chi connectivity index (χ2v) is 2.52. The van der Waals surface area contributed by atoms with Crippen molar-refractivity contribution in [3.05, 3.63) is 0 Å². The third-order valence-corrected chi connectivity index (χ3v) is 1.10. The van der Waals surface area contributed by atoms with Crippen LogP contribution in [0.4, 0.5) is 13.2 Å². The van der Waals surface area contributed by atoms with Gasteiger partial charge in [0.15, 0.2) is 0 Å². The van der Waals surface area contributed by atoms with E-state index in [9.17, 15) is 18.0 Å². The lowest BCUT2D eigenvalue weighted by Crippen LogP contribution is -2.15. The first-order valence-electron chi connectivity index (χ1n) is 3.10. The number of hydrogen-bond donors (Lipinski definition) is 1. The maximum atomic E-state index is 11.6. The molecule has 0 aliphatic rings. The van der Waals surface area contributed by atoms with Crippen LogP contribution in [-0.4, -0.2) is 17.3 Å². The number of rotatable bonds is 3. The summed E-state index contributed by atoms with van der Waals surface area (Å²) in [5, 5.41) is 8.11. The maximum Gasteiger partial charge on any atom is 0.389 e. The first-order chi connectivity index (χ1) is 4.81. The Morgan fingerprint density at radius 3 is 2.27 bits per heavy atom. The molecular formula is C6H9F3O2. The predicted octanol–water partition coefficient (Wildman–Crippen LogP) is 2.05. The molecule has 0 aliphatic heterocycles. The molecule has 0 saturated heterocycles. The van der Waals surface area contributed by atoms with Crippen molar-refractivity contribution in [1.29, 1.82) is 0 Å². The van der Waals surface area contributed by atoms with Gasteiger partial charge in [-0.05, 0) is 5.92 Å². The van der Waals surface area contributed by atoms with Crippen molar-refractivity contribution >= 4 is 5.97 Å². The summed E-state index contributed by atoms with van der Waals surface area (Å²) >= 11 is 0. The van der Waals surface area contributed by atoms with Crippen LogP contribution in [0.5, 0.6) is 0 Å². The molecule has 0 aromatic heterocycles. The van der Waals surface area contributed by atoms with Gasteiger partial charge in [-0.3, -0.25) is 4.79 Å². The Balaban J connectivity index is 3.69. The van der Waals surface area contributed by atoms with E-state index in [0.29, 0.717) is 0 Å². The lowest BCUT2D eigenvalue weighted by Gasteiger charge is -2.10. The normalized spacial score (nSPS) is 14.5. The Morgan fingerprint density at radius 2 is 2.00 bits per heavy atom. The molecule has 2 nitrogen and oxygen atoms in total. The minimum absolute atomic E-state index is 0.431. The summed E-state index contributed by atoms with van der Waals surface area (Å²) in [6.45, 7) is 1.27. The molecule has 0 rings (SSSR count). The van der Waals surface area contributed by atoms with Crippen molar-refractivity contribution < 1.29 is 23.1 Å². The third-order valence-electron chi connectivity index (χ3n) is 1.10. The van der Waals surface area contributed by atoms with E-state index in [1.807, 2.05) is 0 Å². The number of aliphatic carboxylic acids is 1. The summed E-state index contributed by atoms with van der Waals surface area (Å²) in [6, 6.07) is 0. The molecule has 0 fully saturated rings. The maximum absolute atomic E-state index is 11.6. The summed E-state index contributed by atoms with van der Waals surface area (Å²) in [5.41, 5.74) is 0. The zero-order valence-electron chi connectivity index (χ0n) is 5.98. The lowest BCUT2D eigenvalue weighted by molar-refractivity contribution is -0.149. The zero-order valence-corrected chi connectivity index (χ0v) is 5.98. The largest absolute Gasteiger partial charge is 0.481 e. The molecule has 66 valence electrons. The quantitative estimate of drug-likeness (QED) is 0.703. The van der Waals surface area contributed by atoms with Crippen LogP contribution in [0.1, 0.15) is 19.8 Å². The van der Waals surface area contributed by atoms with Gasteiger partial charge in [0.1, 0.15) is 0 Å². The molecule has 0 amide bonds. The molecule has 5 heteroatoms. The van der Waals surface area contributed by atoms with E-state index < -0.39 is 30.9 Å². The lowest BCUT2D eigenvalue weighted by atomic mass is 10.0. The van der Waals surface area contributed by atoms with Crippen molar-refractivity contribution in [3.8, 4) is 0 Å². The monoisotopic (exact) mass is 170 g/mol. The van der Waals surface area contributed by atoms with E-state index in [-0.39, 0.29) is 0 Å². The molecule has 0 aliphatic carbocycles. The van der Waals surface area contributed by atoms with Gasteiger partial charge in [-0.2, -0.15) is 13.2 Å². The smallest absolute Gasteiger partial charge is 0.389 e. The molecule has 0 aromatic rings. The molecule has 11 heavy (non-hydrogen) atoms. The fourth-order valence-corrected chi connectivity index (χ4v) is 0.765. The van der Waals surface area contributed by atoms with Crippen molar-refractivity contribution in [2.45, 2.75) is 25.9 Å². The molecule has 1 N–H and O–H groups in total. The Bertz CT molecular complexity index is 141. The van der Waals surface area contributed by atoms with Crippen molar-refractivity contribution in [1.82, 2.24) is 0 Å². The van der Waals surface area contributed by atoms with Gasteiger partial charge in [-0.15, -0.1) is 0 Å². The van der Waals surface area contributed by atoms with E-state index in [0.717, 1.165) is 0 Å². The number of hydrogen-bond acceptors (Lipinski definition) is 1. The van der Waals surface area contributed by atoms with Gasteiger partial charge in [0.25, 0.3) is 0 Å². The van der Waals surface area contributed by atoms with E-state index in [1.54, 1.807) is 0 Å². The van der Waals surface area contributed by atoms with Crippen LogP contribution in [0.3, 0.4) is 0 Å². The van der Waals surface area contributed by atoms with Crippen LogP contribution < -0.4 is 0 Å². The van der Waals surface area contributed by atoms with E-state index >= 15 is 0 Å². The summed E-state index contributed by atoms with van der Waals surface area (Å²) in [4.78, 5) is 9.93. The van der Waals surface area contributed by atoms with E-state index in [1.165, 1.54) is 6.92 Å². The SMILES string of the molecule is C[C@H](CC(=O)O)CC(F)(F)F. The van der Waals surface area contributed by atoms with Gasteiger partial charge in [-0.25, -0.2) is 0 Å². The van der Waals surface area contributed by atoms with Crippen LogP contribution in [0.25, 0.3) is 0 Å². The van der Waals surface area contributed by atoms with Crippen molar-refractivity contribution in [2.75, 3.05) is 0 Å². The molecule has 0 unspecified atom stereocenters. The second-order valence-electron chi connectivity index (χ2n) is 2.52. The molecular weight excluding hydrogens is 161 g/mol. The fourth-order valence-electron chi connectivity index (χ4n) is 0.765. The summed E-state index contributed by atoms with van der Waals surface area (Å²) in [7, 11) is 0.